The molecule has 0 bridgehead atoms. The van der Waals surface area contributed by atoms with Gasteiger partial charge in [0.05, 0.1) is 0 Å². The van der Waals surface area contributed by atoms with Crippen molar-refractivity contribution in [1.82, 2.24) is 14.7 Å². The molecule has 0 saturated carbocycles. The molecule has 0 aromatic heterocycles. The molecule has 3 rings (SSSR count). The number of rotatable bonds is 2. The maximum atomic E-state index is 2.53. The zero-order chi connectivity index (χ0) is 21.9. The SMILES string of the molecule is CC.CC(C)N1CC=CCC1.CC(C)N1CCC=CCC1.CN1CCCCCC1. The van der Waals surface area contributed by atoms with Gasteiger partial charge < -0.3 is 9.80 Å². The third-order valence-corrected chi connectivity index (χ3v) is 5.71. The van der Waals surface area contributed by atoms with E-state index in [1.54, 1.807) is 0 Å². The van der Waals surface area contributed by atoms with Gasteiger partial charge in [-0.3, -0.25) is 4.90 Å². The fourth-order valence-corrected chi connectivity index (χ4v) is 3.70. The first-order valence-electron chi connectivity index (χ1n) is 12.5. The van der Waals surface area contributed by atoms with Gasteiger partial charge in [-0.15, -0.1) is 0 Å². The Balaban J connectivity index is 0.000000390. The van der Waals surface area contributed by atoms with Crippen molar-refractivity contribution in [3.05, 3.63) is 24.3 Å². The van der Waals surface area contributed by atoms with E-state index in [2.05, 4.69) is 73.7 Å². The van der Waals surface area contributed by atoms with Gasteiger partial charge >= 0.3 is 0 Å². The van der Waals surface area contributed by atoms with Crippen LogP contribution in [-0.4, -0.2) is 73.1 Å². The minimum Gasteiger partial charge on any atom is -0.306 e. The van der Waals surface area contributed by atoms with Gasteiger partial charge in [0, 0.05) is 38.3 Å². The van der Waals surface area contributed by atoms with Crippen molar-refractivity contribution in [1.29, 1.82) is 0 Å². The van der Waals surface area contributed by atoms with E-state index >= 15 is 0 Å². The molecule has 0 aromatic carbocycles. The fraction of sp³-hybridized carbons (Fsp3) is 0.846. The van der Waals surface area contributed by atoms with Crippen LogP contribution in [0.15, 0.2) is 24.3 Å². The molecule has 3 heteroatoms. The van der Waals surface area contributed by atoms with Crippen molar-refractivity contribution < 1.29 is 0 Å². The first-order chi connectivity index (χ1) is 14.0. The Kier molecular flexibility index (Phi) is 18.9. The normalized spacial score (nSPS) is 21.1. The molecule has 0 spiro atoms. The third kappa shape index (κ3) is 15.8. The second-order valence-electron chi connectivity index (χ2n) is 8.74. The Bertz CT molecular complexity index is 383. The molecule has 0 amide bonds. The third-order valence-electron chi connectivity index (χ3n) is 5.71. The summed E-state index contributed by atoms with van der Waals surface area (Å²) in [6, 6.07) is 1.44. The molecule has 1 saturated heterocycles. The first-order valence-corrected chi connectivity index (χ1v) is 12.5. The molecule has 0 radical (unpaired) electrons. The van der Waals surface area contributed by atoms with E-state index in [1.165, 1.54) is 77.7 Å². The van der Waals surface area contributed by atoms with E-state index in [1.807, 2.05) is 13.8 Å². The van der Waals surface area contributed by atoms with Crippen molar-refractivity contribution in [3.63, 3.8) is 0 Å². The second-order valence-corrected chi connectivity index (χ2v) is 8.74. The molecule has 172 valence electrons. The number of hydrogen-bond acceptors (Lipinski definition) is 3. The van der Waals surface area contributed by atoms with Crippen LogP contribution in [-0.2, 0) is 0 Å². The summed E-state index contributed by atoms with van der Waals surface area (Å²) in [4.78, 5) is 7.42. The Morgan fingerprint density at radius 2 is 0.966 bits per heavy atom. The summed E-state index contributed by atoms with van der Waals surface area (Å²) in [6.07, 6.45) is 18.5. The topological polar surface area (TPSA) is 9.72 Å². The molecule has 0 N–H and O–H groups in total. The van der Waals surface area contributed by atoms with Crippen molar-refractivity contribution >= 4 is 0 Å². The highest BCUT2D eigenvalue weighted by atomic mass is 15.1. The van der Waals surface area contributed by atoms with Crippen LogP contribution in [0.1, 0.15) is 86.5 Å². The summed E-state index contributed by atoms with van der Waals surface area (Å²) in [5.41, 5.74) is 0. The second kappa shape index (κ2) is 19.3. The predicted octanol–water partition coefficient (Wildman–Crippen LogP) is 6.22. The number of hydrogen-bond donors (Lipinski definition) is 0. The maximum absolute atomic E-state index is 2.53. The average Bonchev–Trinajstić information content (AvgIpc) is 3.16. The number of nitrogens with zero attached hydrogens (tertiary/aromatic N) is 3. The highest BCUT2D eigenvalue weighted by Gasteiger charge is 2.08. The molecule has 0 aromatic rings. The highest BCUT2D eigenvalue weighted by Crippen LogP contribution is 2.07. The summed E-state index contributed by atoms with van der Waals surface area (Å²) in [7, 11) is 2.21. The average molecular weight is 408 g/mol. The first kappa shape index (κ1) is 28.4. The van der Waals surface area contributed by atoms with Gasteiger partial charge in [-0.25, -0.2) is 0 Å². The molecule has 29 heavy (non-hydrogen) atoms. The fourth-order valence-electron chi connectivity index (χ4n) is 3.70. The highest BCUT2D eigenvalue weighted by molar-refractivity contribution is 4.91. The standard InChI is InChI=1S/C9H17N.C8H15N.C7H15N.C2H6/c1-9(2)10-7-5-3-4-6-8-10;1-8(2)9-6-4-3-5-7-9;1-8-6-4-2-3-5-7-8;1-2/h3-4,9H,5-8H2,1-2H3;3-4,8H,5-7H2,1-2H3;2-7H2,1H3;1-2H3. The molecular weight excluding hydrogens is 354 g/mol. The van der Waals surface area contributed by atoms with Crippen LogP contribution in [0.5, 0.6) is 0 Å². The maximum Gasteiger partial charge on any atom is 0.0166 e. The van der Waals surface area contributed by atoms with Gasteiger partial charge in [0.1, 0.15) is 0 Å². The monoisotopic (exact) mass is 407 g/mol. The van der Waals surface area contributed by atoms with Gasteiger partial charge in [-0.2, -0.15) is 0 Å². The smallest absolute Gasteiger partial charge is 0.0166 e. The molecule has 0 unspecified atom stereocenters. The van der Waals surface area contributed by atoms with Gasteiger partial charge in [0.15, 0.2) is 0 Å². The lowest BCUT2D eigenvalue weighted by Crippen LogP contribution is -2.33. The Morgan fingerprint density at radius 3 is 1.34 bits per heavy atom. The molecule has 3 aliphatic heterocycles. The van der Waals surface area contributed by atoms with E-state index in [4.69, 9.17) is 0 Å². The van der Waals surface area contributed by atoms with Crippen molar-refractivity contribution in [2.45, 2.75) is 98.6 Å². The van der Waals surface area contributed by atoms with Gasteiger partial charge in [0.2, 0.25) is 0 Å². The summed E-state index contributed by atoms with van der Waals surface area (Å²) < 4.78 is 0. The van der Waals surface area contributed by atoms with Crippen molar-refractivity contribution in [2.24, 2.45) is 0 Å². The molecule has 3 aliphatic rings. The molecular formula is C26H53N3. The summed E-state index contributed by atoms with van der Waals surface area (Å²) in [5.74, 6) is 0. The van der Waals surface area contributed by atoms with E-state index in [0.29, 0.717) is 0 Å². The van der Waals surface area contributed by atoms with E-state index < -0.39 is 0 Å². The van der Waals surface area contributed by atoms with Crippen molar-refractivity contribution in [3.8, 4) is 0 Å². The van der Waals surface area contributed by atoms with Gasteiger partial charge in [-0.05, 0) is 79.9 Å². The van der Waals surface area contributed by atoms with Crippen LogP contribution in [0, 0.1) is 0 Å². The summed E-state index contributed by atoms with van der Waals surface area (Å²) in [5, 5.41) is 0. The lowest BCUT2D eigenvalue weighted by molar-refractivity contribution is 0.234. The largest absolute Gasteiger partial charge is 0.306 e. The van der Waals surface area contributed by atoms with Crippen LogP contribution in [0.2, 0.25) is 0 Å². The minimum atomic E-state index is 0.718. The molecule has 3 nitrogen and oxygen atoms in total. The van der Waals surface area contributed by atoms with Crippen LogP contribution in [0.4, 0.5) is 0 Å². The van der Waals surface area contributed by atoms with Crippen molar-refractivity contribution in [2.75, 3.05) is 46.3 Å². The van der Waals surface area contributed by atoms with E-state index in [0.717, 1.165) is 18.6 Å². The molecule has 1 fully saturated rings. The van der Waals surface area contributed by atoms with Crippen LogP contribution in [0.3, 0.4) is 0 Å². The quantitative estimate of drug-likeness (QED) is 0.503. The Morgan fingerprint density at radius 1 is 0.552 bits per heavy atom. The van der Waals surface area contributed by atoms with Crippen LogP contribution < -0.4 is 0 Å². The Hall–Kier alpha value is -0.640. The van der Waals surface area contributed by atoms with Gasteiger partial charge in [0.25, 0.3) is 0 Å². The zero-order valence-electron chi connectivity index (χ0n) is 21.0. The summed E-state index contributed by atoms with van der Waals surface area (Å²) in [6.45, 7) is 20.6. The minimum absolute atomic E-state index is 0.718. The Labute approximate surface area is 184 Å². The molecule has 3 heterocycles. The molecule has 0 atom stereocenters. The number of likely N-dealkylation sites (tertiary alicyclic amines) is 1. The summed E-state index contributed by atoms with van der Waals surface area (Å²) >= 11 is 0. The van der Waals surface area contributed by atoms with Gasteiger partial charge in [-0.1, -0.05) is 51.0 Å². The molecule has 0 aliphatic carbocycles. The zero-order valence-corrected chi connectivity index (χ0v) is 21.0. The predicted molar refractivity (Wildman–Crippen MR) is 133 cm³/mol. The lowest BCUT2D eigenvalue weighted by Gasteiger charge is -2.26. The van der Waals surface area contributed by atoms with Crippen LogP contribution in [0.25, 0.3) is 0 Å². The van der Waals surface area contributed by atoms with E-state index in [9.17, 15) is 0 Å². The van der Waals surface area contributed by atoms with E-state index in [-0.39, 0.29) is 0 Å². The lowest BCUT2D eigenvalue weighted by atomic mass is 10.2. The van der Waals surface area contributed by atoms with Crippen LogP contribution >= 0.6 is 0 Å².